The first-order valence-corrected chi connectivity index (χ1v) is 13.5. The van der Waals surface area contributed by atoms with Crippen molar-refractivity contribution in [1.82, 2.24) is 10.6 Å². The number of benzene rings is 1. The maximum Gasteiger partial charge on any atom is 0.242 e. The van der Waals surface area contributed by atoms with E-state index in [9.17, 15) is 14.4 Å². The van der Waals surface area contributed by atoms with Crippen molar-refractivity contribution >= 4 is 17.5 Å². The van der Waals surface area contributed by atoms with Gasteiger partial charge in [-0.25, -0.2) is 0 Å². The molecule has 2 aliphatic rings. The summed E-state index contributed by atoms with van der Waals surface area (Å²) in [5.41, 5.74) is 3.21. The van der Waals surface area contributed by atoms with Crippen LogP contribution in [0.25, 0.3) is 11.1 Å². The van der Waals surface area contributed by atoms with Gasteiger partial charge in [0.05, 0.1) is 33.1 Å². The largest absolute Gasteiger partial charge is 0.493 e. The highest BCUT2D eigenvalue weighted by molar-refractivity contribution is 5.86. The van der Waals surface area contributed by atoms with Gasteiger partial charge in [-0.05, 0) is 72.9 Å². The zero-order valence-corrected chi connectivity index (χ0v) is 23.6. The molecule has 39 heavy (non-hydrogen) atoms. The number of anilines is 1. The monoisotopic (exact) mass is 537 g/mol. The molecule has 2 atom stereocenters. The summed E-state index contributed by atoms with van der Waals surface area (Å²) in [6.45, 7) is 5.56. The van der Waals surface area contributed by atoms with Gasteiger partial charge in [-0.15, -0.1) is 0 Å². The van der Waals surface area contributed by atoms with Gasteiger partial charge in [-0.2, -0.15) is 0 Å². The number of hydrogen-bond acceptors (Lipinski definition) is 7. The van der Waals surface area contributed by atoms with Crippen LogP contribution in [0.1, 0.15) is 63.6 Å². The molecule has 2 unspecified atom stereocenters. The Morgan fingerprint density at radius 3 is 2.28 bits per heavy atom. The first-order valence-electron chi connectivity index (χ1n) is 13.5. The summed E-state index contributed by atoms with van der Waals surface area (Å²) >= 11 is 0. The second-order valence-corrected chi connectivity index (χ2v) is 10.7. The smallest absolute Gasteiger partial charge is 0.242 e. The van der Waals surface area contributed by atoms with Crippen LogP contribution in [-0.2, 0) is 16.0 Å². The highest BCUT2D eigenvalue weighted by Gasteiger charge is 2.31. The minimum Gasteiger partial charge on any atom is -0.493 e. The van der Waals surface area contributed by atoms with E-state index in [2.05, 4.69) is 16.0 Å². The molecule has 0 radical (unpaired) electrons. The number of methoxy groups -OCH3 is 3. The predicted molar refractivity (Wildman–Crippen MR) is 151 cm³/mol. The van der Waals surface area contributed by atoms with Gasteiger partial charge in [0.2, 0.25) is 23.0 Å². The summed E-state index contributed by atoms with van der Waals surface area (Å²) in [4.78, 5) is 38.8. The van der Waals surface area contributed by atoms with Crippen LogP contribution >= 0.6 is 0 Å². The standard InChI is InChI=1S/C30H39N3O6/c1-16(2)13-24(30(36)32-19-8-9-19)33-23-12-10-20-21(15-25(23)35)22(31-17(3)34)11-7-18-14-26(37-4)28(38-5)29(39-6)27(18)20/h10,12,14-16,19,22,24H,7-9,11,13H2,1-6H3,(H,31,34)(H,32,36)(H,33,35). The summed E-state index contributed by atoms with van der Waals surface area (Å²) in [7, 11) is 4.69. The molecule has 0 aliphatic heterocycles. The quantitative estimate of drug-likeness (QED) is 0.420. The summed E-state index contributed by atoms with van der Waals surface area (Å²) in [5.74, 6) is 1.44. The number of hydrogen-bond donors (Lipinski definition) is 3. The van der Waals surface area contributed by atoms with Gasteiger partial charge in [0.25, 0.3) is 0 Å². The maximum absolute atomic E-state index is 13.6. The first-order chi connectivity index (χ1) is 18.7. The summed E-state index contributed by atoms with van der Waals surface area (Å²) in [6.07, 6.45) is 3.75. The Bertz CT molecular complexity index is 1300. The number of carbonyl (C=O) groups is 2. The van der Waals surface area contributed by atoms with E-state index in [0.29, 0.717) is 47.8 Å². The van der Waals surface area contributed by atoms with Gasteiger partial charge < -0.3 is 30.2 Å². The predicted octanol–water partition coefficient (Wildman–Crippen LogP) is 3.97. The van der Waals surface area contributed by atoms with E-state index in [1.165, 1.54) is 6.92 Å². The summed E-state index contributed by atoms with van der Waals surface area (Å²) < 4.78 is 17.1. The number of fused-ring (bicyclic) bond motifs is 3. The fourth-order valence-electron chi connectivity index (χ4n) is 5.25. The average molecular weight is 538 g/mol. The molecule has 0 spiro atoms. The van der Waals surface area contributed by atoms with Crippen molar-refractivity contribution < 1.29 is 23.8 Å². The second-order valence-electron chi connectivity index (χ2n) is 10.7. The molecular formula is C30H39N3O6. The van der Waals surface area contributed by atoms with Crippen LogP contribution < -0.4 is 35.6 Å². The van der Waals surface area contributed by atoms with Gasteiger partial charge in [0.1, 0.15) is 6.04 Å². The van der Waals surface area contributed by atoms with Crippen molar-refractivity contribution in [2.45, 2.75) is 71.0 Å². The van der Waals surface area contributed by atoms with E-state index in [4.69, 9.17) is 14.2 Å². The Balaban J connectivity index is 1.88. The Kier molecular flexibility index (Phi) is 8.67. The Morgan fingerprint density at radius 1 is 0.974 bits per heavy atom. The van der Waals surface area contributed by atoms with E-state index in [1.54, 1.807) is 33.5 Å². The second kappa shape index (κ2) is 12.0. The number of rotatable bonds is 10. The number of nitrogens with one attached hydrogen (secondary N) is 3. The highest BCUT2D eigenvalue weighted by atomic mass is 16.5. The van der Waals surface area contributed by atoms with Crippen LogP contribution in [0.2, 0.25) is 0 Å². The number of ether oxygens (including phenoxy) is 3. The molecule has 9 heteroatoms. The number of carbonyl (C=O) groups excluding carboxylic acids is 2. The Hall–Kier alpha value is -3.75. The fraction of sp³-hybridized carbons (Fsp3) is 0.500. The lowest BCUT2D eigenvalue weighted by Crippen LogP contribution is -2.42. The van der Waals surface area contributed by atoms with E-state index < -0.39 is 12.1 Å². The molecule has 1 saturated carbocycles. The van der Waals surface area contributed by atoms with Crippen LogP contribution in [0.4, 0.5) is 5.69 Å². The molecular weight excluding hydrogens is 498 g/mol. The van der Waals surface area contributed by atoms with Crippen molar-refractivity contribution in [1.29, 1.82) is 0 Å². The lowest BCUT2D eigenvalue weighted by molar-refractivity contribution is -0.122. The minimum absolute atomic E-state index is 0.0985. The molecule has 4 rings (SSSR count). The van der Waals surface area contributed by atoms with Crippen molar-refractivity contribution in [2.75, 3.05) is 26.6 Å². The highest BCUT2D eigenvalue weighted by Crippen LogP contribution is 2.50. The molecule has 0 aromatic heterocycles. The minimum atomic E-state index is -0.544. The molecule has 0 heterocycles. The zero-order valence-electron chi connectivity index (χ0n) is 23.6. The van der Waals surface area contributed by atoms with Crippen LogP contribution in [0.3, 0.4) is 0 Å². The summed E-state index contributed by atoms with van der Waals surface area (Å²) in [5, 5.41) is 9.30. The molecule has 0 bridgehead atoms. The van der Waals surface area contributed by atoms with E-state index in [1.807, 2.05) is 26.0 Å². The molecule has 210 valence electrons. The molecule has 1 fully saturated rings. The maximum atomic E-state index is 13.6. The van der Waals surface area contributed by atoms with Gasteiger partial charge in [-0.1, -0.05) is 19.9 Å². The number of aryl methyl sites for hydroxylation is 1. The SMILES string of the molecule is COc1cc2c(c(OC)c1OC)-c1ccc(NC(CC(C)C)C(=O)NC3CC3)c(=O)cc1C(NC(C)=O)CC2. The molecule has 2 aromatic rings. The van der Waals surface area contributed by atoms with Crippen LogP contribution in [-0.4, -0.2) is 45.2 Å². The van der Waals surface area contributed by atoms with Crippen LogP contribution in [0.5, 0.6) is 17.2 Å². The van der Waals surface area contributed by atoms with Gasteiger partial charge >= 0.3 is 0 Å². The van der Waals surface area contributed by atoms with Crippen molar-refractivity contribution in [3.63, 3.8) is 0 Å². The van der Waals surface area contributed by atoms with Crippen molar-refractivity contribution in [3.05, 3.63) is 45.6 Å². The molecule has 3 N–H and O–H groups in total. The third-order valence-electron chi connectivity index (χ3n) is 7.19. The lowest BCUT2D eigenvalue weighted by atomic mass is 9.95. The van der Waals surface area contributed by atoms with Gasteiger partial charge in [0.15, 0.2) is 11.5 Å². The van der Waals surface area contributed by atoms with Gasteiger partial charge in [0, 0.05) is 18.5 Å². The van der Waals surface area contributed by atoms with Crippen molar-refractivity contribution in [2.24, 2.45) is 5.92 Å². The average Bonchev–Trinajstić information content (AvgIpc) is 3.73. The van der Waals surface area contributed by atoms with E-state index in [-0.39, 0.29) is 29.2 Å². The van der Waals surface area contributed by atoms with Crippen LogP contribution in [0, 0.1) is 5.92 Å². The molecule has 2 amide bonds. The Morgan fingerprint density at radius 2 is 1.69 bits per heavy atom. The first kappa shape index (κ1) is 28.3. The zero-order chi connectivity index (χ0) is 28.3. The third-order valence-corrected chi connectivity index (χ3v) is 7.19. The molecule has 2 aliphatic carbocycles. The normalized spacial score (nSPS) is 16.7. The summed E-state index contributed by atoms with van der Waals surface area (Å²) in [6, 6.07) is 6.34. The fourth-order valence-corrected chi connectivity index (χ4v) is 5.25. The van der Waals surface area contributed by atoms with Crippen LogP contribution in [0.15, 0.2) is 29.1 Å². The molecule has 9 nitrogen and oxygen atoms in total. The van der Waals surface area contributed by atoms with E-state index in [0.717, 1.165) is 29.5 Å². The molecule has 2 aromatic carbocycles. The van der Waals surface area contributed by atoms with Gasteiger partial charge in [-0.3, -0.25) is 14.4 Å². The van der Waals surface area contributed by atoms with Crippen molar-refractivity contribution in [3.8, 4) is 28.4 Å². The van der Waals surface area contributed by atoms with E-state index >= 15 is 0 Å². The molecule has 0 saturated heterocycles. The topological polar surface area (TPSA) is 115 Å². The third kappa shape index (κ3) is 6.29. The Labute approximate surface area is 229 Å². The lowest BCUT2D eigenvalue weighted by Gasteiger charge is -2.20. The number of amides is 2.